The van der Waals surface area contributed by atoms with Gasteiger partial charge in [-0.15, -0.1) is 11.8 Å². The van der Waals surface area contributed by atoms with Crippen molar-refractivity contribution < 1.29 is 9.90 Å². The van der Waals surface area contributed by atoms with E-state index < -0.39 is 5.97 Å². The van der Waals surface area contributed by atoms with Gasteiger partial charge in [-0.3, -0.25) is 4.79 Å². The molecule has 3 nitrogen and oxygen atoms in total. The number of hydrogen-bond donors (Lipinski definition) is 1. The van der Waals surface area contributed by atoms with Gasteiger partial charge >= 0.3 is 0 Å². The number of rotatable bonds is 2. The van der Waals surface area contributed by atoms with Gasteiger partial charge in [-0.25, -0.2) is 0 Å². The molecule has 0 heterocycles. The van der Waals surface area contributed by atoms with E-state index in [2.05, 4.69) is 6.07 Å². The number of aliphatic carboxylic acids is 1. The van der Waals surface area contributed by atoms with Gasteiger partial charge in [-0.2, -0.15) is 5.26 Å². The van der Waals surface area contributed by atoms with Crippen LogP contribution in [-0.4, -0.2) is 16.8 Å². The van der Waals surface area contributed by atoms with Gasteiger partial charge in [0, 0.05) is 11.8 Å². The molecule has 0 spiro atoms. The fourth-order valence-electron chi connectivity index (χ4n) is 0.632. The summed E-state index contributed by atoms with van der Waals surface area (Å²) in [5.41, 5.74) is 0. The Morgan fingerprint density at radius 3 is 2.43 bits per heavy atom. The van der Waals surface area contributed by atoms with Gasteiger partial charge in [-0.1, -0.05) is 18.2 Å². The number of nitrogens with zero attached hydrogens (tertiary/aromatic N) is 1. The smallest absolute Gasteiger partial charge is 0.300 e. The average Bonchev–Trinajstić information content (AvgIpc) is 2.15. The van der Waals surface area contributed by atoms with Crippen molar-refractivity contribution in [1.82, 2.24) is 0 Å². The van der Waals surface area contributed by atoms with Crippen LogP contribution in [0.2, 0.25) is 0 Å². The third kappa shape index (κ3) is 8.62. The highest BCUT2D eigenvalue weighted by Crippen LogP contribution is 2.15. The maximum absolute atomic E-state index is 9.00. The molecule has 0 bridgehead atoms. The van der Waals surface area contributed by atoms with Crippen molar-refractivity contribution in [3.8, 4) is 6.07 Å². The first-order valence-corrected chi connectivity index (χ1v) is 4.89. The Labute approximate surface area is 87.4 Å². The van der Waals surface area contributed by atoms with Gasteiger partial charge in [0.2, 0.25) is 0 Å². The zero-order valence-electron chi connectivity index (χ0n) is 7.80. The van der Waals surface area contributed by atoms with E-state index >= 15 is 0 Å². The van der Waals surface area contributed by atoms with Crippen molar-refractivity contribution in [3.05, 3.63) is 30.3 Å². The molecule has 1 N–H and O–H groups in total. The normalized spacial score (nSPS) is 8.00. The minimum atomic E-state index is -0.833. The number of carboxylic acids is 1. The summed E-state index contributed by atoms with van der Waals surface area (Å²) in [6, 6.07) is 12.0. The summed E-state index contributed by atoms with van der Waals surface area (Å²) >= 11 is 1.56. The van der Waals surface area contributed by atoms with E-state index in [1.807, 2.05) is 30.3 Å². The third-order valence-corrected chi connectivity index (χ3v) is 1.93. The largest absolute Gasteiger partial charge is 0.481 e. The molecule has 74 valence electrons. The minimum Gasteiger partial charge on any atom is -0.481 e. The van der Waals surface area contributed by atoms with E-state index in [-0.39, 0.29) is 0 Å². The molecule has 1 rings (SSSR count). The first-order valence-electron chi connectivity index (χ1n) is 3.91. The van der Waals surface area contributed by atoms with Crippen LogP contribution in [0.5, 0.6) is 0 Å². The van der Waals surface area contributed by atoms with Crippen molar-refractivity contribution >= 4 is 17.7 Å². The van der Waals surface area contributed by atoms with E-state index in [9.17, 15) is 0 Å². The highest BCUT2D eigenvalue weighted by molar-refractivity contribution is 7.99. The molecule has 0 saturated carbocycles. The van der Waals surface area contributed by atoms with Gasteiger partial charge in [-0.05, 0) is 12.1 Å². The summed E-state index contributed by atoms with van der Waals surface area (Å²) in [4.78, 5) is 10.2. The Bertz CT molecular complexity index is 302. The van der Waals surface area contributed by atoms with Crippen LogP contribution in [0.15, 0.2) is 35.2 Å². The van der Waals surface area contributed by atoms with Crippen LogP contribution in [-0.2, 0) is 4.79 Å². The average molecular weight is 209 g/mol. The molecular weight excluding hydrogens is 198 g/mol. The molecule has 0 aromatic heterocycles. The van der Waals surface area contributed by atoms with Crippen LogP contribution in [0.3, 0.4) is 0 Å². The van der Waals surface area contributed by atoms with Gasteiger partial charge in [0.15, 0.2) is 0 Å². The van der Waals surface area contributed by atoms with Crippen LogP contribution >= 0.6 is 11.8 Å². The molecule has 1 aromatic carbocycles. The van der Waals surface area contributed by atoms with Gasteiger partial charge in [0.05, 0.1) is 11.8 Å². The SMILES string of the molecule is CC(=O)O.N#CCSc1ccccc1. The monoisotopic (exact) mass is 209 g/mol. The topological polar surface area (TPSA) is 61.1 Å². The molecule has 14 heavy (non-hydrogen) atoms. The van der Waals surface area contributed by atoms with Crippen LogP contribution < -0.4 is 0 Å². The summed E-state index contributed by atoms with van der Waals surface area (Å²) in [6.45, 7) is 1.08. The van der Waals surface area contributed by atoms with Gasteiger partial charge in [0.1, 0.15) is 0 Å². The van der Waals surface area contributed by atoms with Crippen LogP contribution in [0, 0.1) is 11.3 Å². The van der Waals surface area contributed by atoms with Crippen molar-refractivity contribution in [2.24, 2.45) is 0 Å². The molecular formula is C10H11NO2S. The predicted molar refractivity (Wildman–Crippen MR) is 56.1 cm³/mol. The molecule has 0 unspecified atom stereocenters. The number of carbonyl (C=O) groups is 1. The molecule has 0 radical (unpaired) electrons. The lowest BCUT2D eigenvalue weighted by molar-refractivity contribution is -0.134. The van der Waals surface area contributed by atoms with E-state index in [1.54, 1.807) is 11.8 Å². The second kappa shape index (κ2) is 8.14. The Morgan fingerprint density at radius 1 is 1.50 bits per heavy atom. The molecule has 0 saturated heterocycles. The Balaban J connectivity index is 0.000000364. The molecule has 0 atom stereocenters. The maximum atomic E-state index is 9.00. The highest BCUT2D eigenvalue weighted by Gasteiger charge is 1.87. The van der Waals surface area contributed by atoms with Crippen molar-refractivity contribution in [3.63, 3.8) is 0 Å². The predicted octanol–water partition coefficient (Wildman–Crippen LogP) is 2.39. The quantitative estimate of drug-likeness (QED) is 0.760. The zero-order chi connectivity index (χ0) is 10.8. The Kier molecular flexibility index (Phi) is 7.29. The molecule has 0 aliphatic heterocycles. The van der Waals surface area contributed by atoms with E-state index in [1.165, 1.54) is 0 Å². The summed E-state index contributed by atoms with van der Waals surface area (Å²) in [7, 11) is 0. The maximum Gasteiger partial charge on any atom is 0.300 e. The number of hydrogen-bond acceptors (Lipinski definition) is 3. The lowest BCUT2D eigenvalue weighted by Gasteiger charge is -1.92. The second-order valence-corrected chi connectivity index (χ2v) is 3.33. The van der Waals surface area contributed by atoms with Crippen molar-refractivity contribution in [2.75, 3.05) is 5.75 Å². The highest BCUT2D eigenvalue weighted by atomic mass is 32.2. The van der Waals surface area contributed by atoms with Gasteiger partial charge < -0.3 is 5.11 Å². The van der Waals surface area contributed by atoms with E-state index in [0.29, 0.717) is 5.75 Å². The molecule has 0 amide bonds. The standard InChI is InChI=1S/C8H7NS.C2H4O2/c9-6-7-10-8-4-2-1-3-5-8;1-2(3)4/h1-5H,7H2;1H3,(H,3,4). The Morgan fingerprint density at radius 2 is 2.00 bits per heavy atom. The number of nitriles is 1. The first kappa shape index (κ1) is 12.5. The van der Waals surface area contributed by atoms with E-state index in [4.69, 9.17) is 15.2 Å². The molecule has 0 fully saturated rings. The number of carboxylic acid groups (broad SMARTS) is 1. The minimum absolute atomic E-state index is 0.532. The molecule has 1 aromatic rings. The summed E-state index contributed by atoms with van der Waals surface area (Å²) < 4.78 is 0. The second-order valence-electron chi connectivity index (χ2n) is 2.28. The summed E-state index contributed by atoms with van der Waals surface area (Å²) in [5.74, 6) is -0.302. The van der Waals surface area contributed by atoms with Crippen LogP contribution in [0.25, 0.3) is 0 Å². The summed E-state index contributed by atoms with van der Waals surface area (Å²) in [6.07, 6.45) is 0. The zero-order valence-corrected chi connectivity index (χ0v) is 8.62. The van der Waals surface area contributed by atoms with Crippen LogP contribution in [0.1, 0.15) is 6.92 Å². The third-order valence-electron chi connectivity index (χ3n) is 1.05. The molecule has 4 heteroatoms. The Hall–Kier alpha value is -1.47. The van der Waals surface area contributed by atoms with Gasteiger partial charge in [0.25, 0.3) is 5.97 Å². The number of thioether (sulfide) groups is 1. The van der Waals surface area contributed by atoms with Crippen molar-refractivity contribution in [1.29, 1.82) is 5.26 Å². The lowest BCUT2D eigenvalue weighted by atomic mass is 10.4. The van der Waals surface area contributed by atoms with Crippen LogP contribution in [0.4, 0.5) is 0 Å². The first-order chi connectivity index (χ1) is 6.66. The summed E-state index contributed by atoms with van der Waals surface area (Å²) in [5, 5.41) is 15.7. The number of benzene rings is 1. The fourth-order valence-corrected chi connectivity index (χ4v) is 1.21. The van der Waals surface area contributed by atoms with E-state index in [0.717, 1.165) is 11.8 Å². The molecule has 0 aliphatic rings. The van der Waals surface area contributed by atoms with Crippen molar-refractivity contribution in [2.45, 2.75) is 11.8 Å². The lowest BCUT2D eigenvalue weighted by Crippen LogP contribution is -1.78. The fraction of sp³-hybridized carbons (Fsp3) is 0.200. The molecule has 0 aliphatic carbocycles.